The van der Waals surface area contributed by atoms with Crippen molar-refractivity contribution in [3.05, 3.63) is 18.0 Å². The summed E-state index contributed by atoms with van der Waals surface area (Å²) in [6, 6.07) is 1.70. The molecule has 1 aliphatic carbocycles. The maximum Gasteiger partial charge on any atom is 0.233 e. The molecule has 1 aromatic heterocycles. The first-order valence-electron chi connectivity index (χ1n) is 4.63. The Kier molecular flexibility index (Phi) is 2.44. The molecule has 0 unspecified atom stereocenters. The summed E-state index contributed by atoms with van der Waals surface area (Å²) in [5, 5.41) is 6.27. The first kappa shape index (κ1) is 10.1. The Bertz CT molecular complexity index is 384. The summed E-state index contributed by atoms with van der Waals surface area (Å²) in [6.07, 6.45) is 3.01. The van der Waals surface area contributed by atoms with Gasteiger partial charge in [0.2, 0.25) is 5.91 Å². The van der Waals surface area contributed by atoms with Gasteiger partial charge < -0.3 is 15.6 Å². The highest BCUT2D eigenvalue weighted by molar-refractivity contribution is 7.80. The van der Waals surface area contributed by atoms with E-state index in [-0.39, 0.29) is 10.9 Å². The van der Waals surface area contributed by atoms with Gasteiger partial charge in [-0.3, -0.25) is 4.79 Å². The van der Waals surface area contributed by atoms with Gasteiger partial charge >= 0.3 is 0 Å². The third-order valence-corrected chi connectivity index (χ3v) is 2.96. The van der Waals surface area contributed by atoms with Gasteiger partial charge in [-0.1, -0.05) is 17.4 Å². The summed E-state index contributed by atoms with van der Waals surface area (Å²) < 4.78 is 4.85. The molecule has 2 rings (SSSR count). The first-order chi connectivity index (χ1) is 7.15. The van der Waals surface area contributed by atoms with E-state index in [2.05, 4.69) is 10.5 Å². The SMILES string of the molecule is NC(=S)C1(C(=O)NCc2ccno2)CC1. The van der Waals surface area contributed by atoms with E-state index in [4.69, 9.17) is 22.5 Å². The van der Waals surface area contributed by atoms with Crippen molar-refractivity contribution in [1.82, 2.24) is 10.5 Å². The summed E-state index contributed by atoms with van der Waals surface area (Å²) in [4.78, 5) is 12.0. The van der Waals surface area contributed by atoms with Crippen LogP contribution in [0.2, 0.25) is 0 Å². The average Bonchev–Trinajstić information content (AvgIpc) is 2.87. The van der Waals surface area contributed by atoms with Gasteiger partial charge in [-0.15, -0.1) is 0 Å². The smallest absolute Gasteiger partial charge is 0.233 e. The van der Waals surface area contributed by atoms with E-state index < -0.39 is 5.41 Å². The fourth-order valence-electron chi connectivity index (χ4n) is 1.38. The number of nitrogens with one attached hydrogen (secondary N) is 1. The highest BCUT2D eigenvalue weighted by atomic mass is 32.1. The van der Waals surface area contributed by atoms with E-state index in [1.807, 2.05) is 0 Å². The molecule has 0 aliphatic heterocycles. The minimum Gasteiger partial charge on any atom is -0.392 e. The predicted octanol–water partition coefficient (Wildman–Crippen LogP) is 0.357. The second-order valence-corrected chi connectivity index (χ2v) is 4.05. The number of amides is 1. The van der Waals surface area contributed by atoms with Crippen LogP contribution >= 0.6 is 12.2 Å². The molecular weight excluding hydrogens is 214 g/mol. The van der Waals surface area contributed by atoms with Gasteiger partial charge in [-0.25, -0.2) is 0 Å². The van der Waals surface area contributed by atoms with Crippen LogP contribution in [-0.4, -0.2) is 16.1 Å². The van der Waals surface area contributed by atoms with Crippen LogP contribution in [0.3, 0.4) is 0 Å². The topological polar surface area (TPSA) is 81.2 Å². The molecule has 0 atom stereocenters. The number of aromatic nitrogens is 1. The van der Waals surface area contributed by atoms with Crippen molar-refractivity contribution in [2.45, 2.75) is 19.4 Å². The minimum atomic E-state index is -0.602. The number of nitrogens with zero attached hydrogens (tertiary/aromatic N) is 1. The number of rotatable bonds is 4. The fraction of sp³-hybridized carbons (Fsp3) is 0.444. The monoisotopic (exact) mass is 225 g/mol. The van der Waals surface area contributed by atoms with Crippen molar-refractivity contribution >= 4 is 23.1 Å². The highest BCUT2D eigenvalue weighted by Gasteiger charge is 2.52. The minimum absolute atomic E-state index is 0.119. The normalized spacial score (nSPS) is 17.1. The molecule has 0 radical (unpaired) electrons. The highest BCUT2D eigenvalue weighted by Crippen LogP contribution is 2.46. The van der Waals surface area contributed by atoms with Crippen molar-refractivity contribution in [2.75, 3.05) is 0 Å². The molecule has 1 saturated carbocycles. The van der Waals surface area contributed by atoms with Crippen molar-refractivity contribution in [3.8, 4) is 0 Å². The van der Waals surface area contributed by atoms with Gasteiger partial charge in [-0.05, 0) is 12.8 Å². The van der Waals surface area contributed by atoms with E-state index in [0.717, 1.165) is 12.8 Å². The van der Waals surface area contributed by atoms with Crippen molar-refractivity contribution in [2.24, 2.45) is 11.1 Å². The van der Waals surface area contributed by atoms with Gasteiger partial charge in [0, 0.05) is 6.07 Å². The van der Waals surface area contributed by atoms with Gasteiger partial charge in [0.15, 0.2) is 5.76 Å². The van der Waals surface area contributed by atoms with Gasteiger partial charge in [0.05, 0.1) is 23.1 Å². The zero-order chi connectivity index (χ0) is 10.9. The number of thiocarbonyl (C=S) groups is 1. The molecule has 1 fully saturated rings. The third kappa shape index (κ3) is 1.85. The molecule has 15 heavy (non-hydrogen) atoms. The lowest BCUT2D eigenvalue weighted by Crippen LogP contribution is -2.39. The van der Waals surface area contributed by atoms with E-state index >= 15 is 0 Å². The van der Waals surface area contributed by atoms with Crippen LogP contribution in [0.1, 0.15) is 18.6 Å². The lowest BCUT2D eigenvalue weighted by molar-refractivity contribution is -0.124. The molecule has 1 amide bonds. The maximum absolute atomic E-state index is 11.7. The molecule has 1 heterocycles. The largest absolute Gasteiger partial charge is 0.392 e. The lowest BCUT2D eigenvalue weighted by atomic mass is 10.1. The Hall–Kier alpha value is -1.43. The van der Waals surface area contributed by atoms with Crippen molar-refractivity contribution in [3.63, 3.8) is 0 Å². The van der Waals surface area contributed by atoms with Crippen LogP contribution in [0.5, 0.6) is 0 Å². The first-order valence-corrected chi connectivity index (χ1v) is 5.04. The third-order valence-electron chi connectivity index (χ3n) is 2.57. The van der Waals surface area contributed by atoms with Crippen LogP contribution in [0, 0.1) is 5.41 Å². The zero-order valence-corrected chi connectivity index (χ0v) is 8.84. The molecule has 3 N–H and O–H groups in total. The molecule has 5 nitrogen and oxygen atoms in total. The van der Waals surface area contributed by atoms with Crippen LogP contribution in [0.15, 0.2) is 16.8 Å². The van der Waals surface area contributed by atoms with Crippen LogP contribution in [0.4, 0.5) is 0 Å². The van der Waals surface area contributed by atoms with Gasteiger partial charge in [0.1, 0.15) is 0 Å². The molecule has 0 spiro atoms. The van der Waals surface area contributed by atoms with Crippen LogP contribution in [0.25, 0.3) is 0 Å². The Labute approximate surface area is 92.0 Å². The van der Waals surface area contributed by atoms with Crippen molar-refractivity contribution < 1.29 is 9.32 Å². The van der Waals surface area contributed by atoms with Crippen LogP contribution in [-0.2, 0) is 11.3 Å². The second-order valence-electron chi connectivity index (χ2n) is 3.61. The Morgan fingerprint density at radius 1 is 1.73 bits per heavy atom. The zero-order valence-electron chi connectivity index (χ0n) is 8.03. The molecule has 0 saturated heterocycles. The summed E-state index contributed by atoms with van der Waals surface area (Å²) in [6.45, 7) is 0.323. The van der Waals surface area contributed by atoms with E-state index in [1.165, 1.54) is 6.20 Å². The summed E-state index contributed by atoms with van der Waals surface area (Å²) in [5.41, 5.74) is 4.92. The molecule has 80 valence electrons. The molecule has 1 aromatic rings. The molecule has 0 bridgehead atoms. The van der Waals surface area contributed by atoms with Gasteiger partial charge in [-0.2, -0.15) is 0 Å². The number of hydrogen-bond acceptors (Lipinski definition) is 4. The van der Waals surface area contributed by atoms with Gasteiger partial charge in [0.25, 0.3) is 0 Å². The number of nitrogens with two attached hydrogens (primary N) is 1. The Morgan fingerprint density at radius 3 is 2.93 bits per heavy atom. The maximum atomic E-state index is 11.7. The summed E-state index contributed by atoms with van der Waals surface area (Å²) in [7, 11) is 0. The predicted molar refractivity (Wildman–Crippen MR) is 56.8 cm³/mol. The number of carbonyl (C=O) groups excluding carboxylic acids is 1. The summed E-state index contributed by atoms with van der Waals surface area (Å²) in [5.74, 6) is 0.494. The summed E-state index contributed by atoms with van der Waals surface area (Å²) >= 11 is 4.87. The number of carbonyl (C=O) groups is 1. The van der Waals surface area contributed by atoms with E-state index in [0.29, 0.717) is 12.3 Å². The Morgan fingerprint density at radius 2 is 2.47 bits per heavy atom. The molecule has 1 aliphatic rings. The molecular formula is C9H11N3O2S. The van der Waals surface area contributed by atoms with Crippen molar-refractivity contribution in [1.29, 1.82) is 0 Å². The average molecular weight is 225 g/mol. The lowest BCUT2D eigenvalue weighted by Gasteiger charge is -2.12. The Balaban J connectivity index is 1.91. The van der Waals surface area contributed by atoms with Crippen LogP contribution < -0.4 is 11.1 Å². The molecule has 6 heteroatoms. The number of hydrogen-bond donors (Lipinski definition) is 2. The molecule has 0 aromatic carbocycles. The fourth-order valence-corrected chi connectivity index (χ4v) is 1.68. The standard InChI is InChI=1S/C9H11N3O2S/c10-7(15)9(2-3-9)8(13)11-5-6-1-4-12-14-6/h1,4H,2-3,5H2,(H2,10,15)(H,11,13). The quantitative estimate of drug-likeness (QED) is 0.723. The van der Waals surface area contributed by atoms with E-state index in [9.17, 15) is 4.79 Å². The van der Waals surface area contributed by atoms with E-state index in [1.54, 1.807) is 6.07 Å². The second kappa shape index (κ2) is 3.62.